The molecule has 1 aromatic carbocycles. The summed E-state index contributed by atoms with van der Waals surface area (Å²) in [6, 6.07) is 6.97. The highest BCUT2D eigenvalue weighted by Crippen LogP contribution is 2.33. The Balaban J connectivity index is 0.000000668. The van der Waals surface area contributed by atoms with Crippen LogP contribution in [0.25, 0.3) is 0 Å². The van der Waals surface area contributed by atoms with Gasteiger partial charge in [0.15, 0.2) is 0 Å². The Kier molecular flexibility index (Phi) is 8.50. The van der Waals surface area contributed by atoms with Crippen LogP contribution in [0.3, 0.4) is 0 Å². The summed E-state index contributed by atoms with van der Waals surface area (Å²) >= 11 is 0. The first kappa shape index (κ1) is 24.0. The number of carbonyl (C=O) groups excluding carboxylic acids is 2. The van der Waals surface area contributed by atoms with Gasteiger partial charge in [0.2, 0.25) is 0 Å². The molecule has 3 aliphatic rings. The number of fused-ring (bicyclic) bond motifs is 1. The van der Waals surface area contributed by atoms with Gasteiger partial charge in [-0.2, -0.15) is 0 Å². The fourth-order valence-corrected chi connectivity index (χ4v) is 4.93. The van der Waals surface area contributed by atoms with Crippen molar-refractivity contribution in [3.63, 3.8) is 0 Å². The lowest BCUT2D eigenvalue weighted by Crippen LogP contribution is -2.41. The highest BCUT2D eigenvalue weighted by Gasteiger charge is 2.36. The minimum Gasteiger partial charge on any atom is -0.481 e. The van der Waals surface area contributed by atoms with Gasteiger partial charge in [-0.25, -0.2) is 4.79 Å². The Morgan fingerprint density at radius 2 is 1.88 bits per heavy atom. The Labute approximate surface area is 189 Å². The quantitative estimate of drug-likeness (QED) is 0.676. The number of esters is 1. The Hall–Kier alpha value is -2.61. The van der Waals surface area contributed by atoms with E-state index in [1.54, 1.807) is 0 Å². The van der Waals surface area contributed by atoms with Crippen LogP contribution in [0.5, 0.6) is 0 Å². The van der Waals surface area contributed by atoms with E-state index in [0.29, 0.717) is 18.4 Å². The molecule has 0 atom stereocenters. The van der Waals surface area contributed by atoms with Gasteiger partial charge in [-0.15, -0.1) is 0 Å². The van der Waals surface area contributed by atoms with Crippen molar-refractivity contribution in [3.8, 4) is 0 Å². The standard InChI is InChI=1S/C22H31N3O3.C2H4O2/c1-28-21(26)9-4-16-2-6-19(7-3-16)24-12-13-25(22(24)27)20-8-5-18-15-23-11-10-17(18)14-20;1-2(3)4/h5,8,14,16,19,23H,2-4,6-7,9-13,15H2,1H3;1H3,(H,3,4)/t16-,19-;. The van der Waals surface area contributed by atoms with Crippen LogP contribution in [0.4, 0.5) is 10.5 Å². The number of rotatable bonds is 5. The highest BCUT2D eigenvalue weighted by atomic mass is 16.5. The number of carboxylic acid groups (broad SMARTS) is 1. The van der Waals surface area contributed by atoms with Gasteiger partial charge in [-0.05, 0) is 74.2 Å². The maximum Gasteiger partial charge on any atom is 0.324 e. The van der Waals surface area contributed by atoms with Crippen LogP contribution in [0, 0.1) is 5.92 Å². The second-order valence-corrected chi connectivity index (χ2v) is 8.82. The number of nitrogens with one attached hydrogen (secondary N) is 1. The van der Waals surface area contributed by atoms with E-state index in [0.717, 1.165) is 77.3 Å². The summed E-state index contributed by atoms with van der Waals surface area (Å²) in [6.07, 6.45) is 6.72. The predicted molar refractivity (Wildman–Crippen MR) is 122 cm³/mol. The zero-order valence-corrected chi connectivity index (χ0v) is 19.1. The molecule has 0 spiro atoms. The van der Waals surface area contributed by atoms with Crippen LogP contribution in [-0.4, -0.2) is 60.8 Å². The molecule has 1 aliphatic carbocycles. The molecule has 2 fully saturated rings. The smallest absolute Gasteiger partial charge is 0.324 e. The number of carboxylic acids is 1. The molecule has 4 rings (SSSR count). The third kappa shape index (κ3) is 6.22. The van der Waals surface area contributed by atoms with E-state index in [2.05, 4.69) is 28.4 Å². The van der Waals surface area contributed by atoms with Crippen molar-refractivity contribution < 1.29 is 24.2 Å². The number of anilines is 1. The molecule has 2 amide bonds. The Morgan fingerprint density at radius 1 is 1.16 bits per heavy atom. The minimum absolute atomic E-state index is 0.117. The molecule has 0 aromatic heterocycles. The fourth-order valence-electron chi connectivity index (χ4n) is 4.93. The number of ether oxygens (including phenoxy) is 1. The SMILES string of the molecule is CC(=O)O.COC(=O)CC[C@H]1CC[C@H](N2CCN(c3ccc4c(c3)CCNC4)C2=O)CC1. The first-order valence-electron chi connectivity index (χ1n) is 11.6. The van der Waals surface area contributed by atoms with E-state index < -0.39 is 5.97 Å². The number of hydrogen-bond donors (Lipinski definition) is 2. The van der Waals surface area contributed by atoms with Crippen LogP contribution in [0.15, 0.2) is 18.2 Å². The van der Waals surface area contributed by atoms with E-state index in [1.165, 1.54) is 18.2 Å². The Morgan fingerprint density at radius 3 is 2.56 bits per heavy atom. The van der Waals surface area contributed by atoms with Crippen molar-refractivity contribution in [2.75, 3.05) is 31.6 Å². The summed E-state index contributed by atoms with van der Waals surface area (Å²) in [5, 5.41) is 10.8. The van der Waals surface area contributed by atoms with Crippen LogP contribution in [0.2, 0.25) is 0 Å². The Bertz CT molecular complexity index is 816. The molecule has 1 saturated carbocycles. The molecule has 2 aliphatic heterocycles. The number of hydrogen-bond acceptors (Lipinski definition) is 5. The predicted octanol–water partition coefficient (Wildman–Crippen LogP) is 3.18. The molecule has 1 saturated heterocycles. The lowest BCUT2D eigenvalue weighted by Gasteiger charge is -2.34. The number of urea groups is 1. The second-order valence-electron chi connectivity index (χ2n) is 8.82. The first-order valence-corrected chi connectivity index (χ1v) is 11.6. The maximum atomic E-state index is 13.1. The number of nitrogens with zero attached hydrogens (tertiary/aromatic N) is 2. The zero-order chi connectivity index (χ0) is 23.1. The molecule has 0 radical (unpaired) electrons. The fraction of sp³-hybridized carbons (Fsp3) is 0.625. The summed E-state index contributed by atoms with van der Waals surface area (Å²) < 4.78 is 4.75. The lowest BCUT2D eigenvalue weighted by molar-refractivity contribution is -0.141. The monoisotopic (exact) mass is 445 g/mol. The van der Waals surface area contributed by atoms with Crippen molar-refractivity contribution in [2.24, 2.45) is 5.92 Å². The average Bonchev–Trinajstić information content (AvgIpc) is 3.18. The lowest BCUT2D eigenvalue weighted by atomic mass is 9.83. The molecule has 8 heteroatoms. The van der Waals surface area contributed by atoms with E-state index in [4.69, 9.17) is 14.6 Å². The molecule has 0 unspecified atom stereocenters. The third-order valence-corrected chi connectivity index (χ3v) is 6.67. The summed E-state index contributed by atoms with van der Waals surface area (Å²) in [6.45, 7) is 4.61. The van der Waals surface area contributed by atoms with Gasteiger partial charge in [0, 0.05) is 44.7 Å². The summed E-state index contributed by atoms with van der Waals surface area (Å²) in [5.41, 5.74) is 3.76. The van der Waals surface area contributed by atoms with Gasteiger partial charge < -0.3 is 20.1 Å². The molecule has 0 bridgehead atoms. The van der Waals surface area contributed by atoms with Gasteiger partial charge in [-0.1, -0.05) is 6.07 Å². The van der Waals surface area contributed by atoms with Crippen molar-refractivity contribution >= 4 is 23.7 Å². The van der Waals surface area contributed by atoms with E-state index in [-0.39, 0.29) is 12.0 Å². The van der Waals surface area contributed by atoms with Gasteiger partial charge in [0.25, 0.3) is 5.97 Å². The molecule has 2 N–H and O–H groups in total. The van der Waals surface area contributed by atoms with Crippen molar-refractivity contribution in [1.29, 1.82) is 0 Å². The summed E-state index contributed by atoms with van der Waals surface area (Å²) in [4.78, 5) is 37.5. The van der Waals surface area contributed by atoms with Gasteiger partial charge in [0.1, 0.15) is 0 Å². The zero-order valence-electron chi connectivity index (χ0n) is 19.1. The van der Waals surface area contributed by atoms with Crippen LogP contribution in [-0.2, 0) is 27.3 Å². The summed E-state index contributed by atoms with van der Waals surface area (Å²) in [7, 11) is 1.45. The van der Waals surface area contributed by atoms with Crippen molar-refractivity contribution in [3.05, 3.63) is 29.3 Å². The van der Waals surface area contributed by atoms with E-state index in [1.807, 2.05) is 4.90 Å². The number of benzene rings is 1. The molecule has 2 heterocycles. The van der Waals surface area contributed by atoms with Crippen molar-refractivity contribution in [2.45, 2.75) is 64.5 Å². The highest BCUT2D eigenvalue weighted by molar-refractivity contribution is 5.94. The van der Waals surface area contributed by atoms with Gasteiger partial charge in [0.05, 0.1) is 7.11 Å². The largest absolute Gasteiger partial charge is 0.481 e. The van der Waals surface area contributed by atoms with Gasteiger partial charge >= 0.3 is 12.0 Å². The van der Waals surface area contributed by atoms with Crippen LogP contribution >= 0.6 is 0 Å². The number of aliphatic carboxylic acids is 1. The van der Waals surface area contributed by atoms with Crippen LogP contribution in [0.1, 0.15) is 56.6 Å². The topological polar surface area (TPSA) is 99.2 Å². The average molecular weight is 446 g/mol. The summed E-state index contributed by atoms with van der Waals surface area (Å²) in [5.74, 6) is -0.369. The van der Waals surface area contributed by atoms with Crippen LogP contribution < -0.4 is 10.2 Å². The molecular formula is C24H35N3O5. The molecular weight excluding hydrogens is 410 g/mol. The first-order chi connectivity index (χ1) is 15.4. The maximum absolute atomic E-state index is 13.1. The number of methoxy groups -OCH3 is 1. The third-order valence-electron chi connectivity index (χ3n) is 6.67. The van der Waals surface area contributed by atoms with E-state index >= 15 is 0 Å². The van der Waals surface area contributed by atoms with Crippen molar-refractivity contribution in [1.82, 2.24) is 10.2 Å². The number of carbonyl (C=O) groups is 3. The molecule has 1 aromatic rings. The molecule has 8 nitrogen and oxygen atoms in total. The molecule has 32 heavy (non-hydrogen) atoms. The minimum atomic E-state index is -0.833. The normalized spacial score (nSPS) is 22.6. The molecule has 176 valence electrons. The van der Waals surface area contributed by atoms with E-state index in [9.17, 15) is 9.59 Å². The van der Waals surface area contributed by atoms with Gasteiger partial charge in [-0.3, -0.25) is 14.5 Å². The second kappa shape index (κ2) is 11.3. The number of amides is 2.